The van der Waals surface area contributed by atoms with Crippen molar-refractivity contribution in [2.24, 2.45) is 0 Å². The molecule has 0 bridgehead atoms. The number of nitrogens with zero attached hydrogens (tertiary/aromatic N) is 2. The van der Waals surface area contributed by atoms with Crippen LogP contribution in [-0.2, 0) is 4.74 Å². The van der Waals surface area contributed by atoms with E-state index in [-0.39, 0.29) is 12.0 Å². The number of amides is 1. The minimum atomic E-state index is -0.0711. The molecule has 0 aromatic heterocycles. The average Bonchev–Trinajstić information content (AvgIpc) is 2.92. The molecule has 34 heavy (non-hydrogen) atoms. The number of benzene rings is 4. The molecule has 1 aliphatic rings. The van der Waals surface area contributed by atoms with Gasteiger partial charge in [-0.15, -0.1) is 0 Å². The molecule has 5 rings (SSSR count). The Morgan fingerprint density at radius 1 is 0.706 bits per heavy atom. The lowest BCUT2D eigenvalue weighted by Gasteiger charge is -2.35. The highest BCUT2D eigenvalue weighted by atomic mass is 16.5. The van der Waals surface area contributed by atoms with E-state index in [0.29, 0.717) is 6.61 Å². The topological polar surface area (TPSA) is 32.8 Å². The van der Waals surface area contributed by atoms with E-state index < -0.39 is 0 Å². The molecule has 0 N–H and O–H groups in total. The van der Waals surface area contributed by atoms with Gasteiger partial charge in [0.15, 0.2) is 0 Å². The number of carbonyl (C=O) groups excluding carboxylic acids is 1. The molecule has 1 amide bonds. The molecular weight excluding hydrogens is 420 g/mol. The molecule has 4 nitrogen and oxygen atoms in total. The summed E-state index contributed by atoms with van der Waals surface area (Å²) in [6, 6.07) is 34.9. The van der Waals surface area contributed by atoms with Crippen molar-refractivity contribution >= 4 is 16.7 Å². The van der Waals surface area contributed by atoms with Gasteiger partial charge in [0.2, 0.25) is 0 Å². The van der Waals surface area contributed by atoms with Crippen LogP contribution in [0, 0.1) is 0 Å². The molecule has 1 aliphatic heterocycles. The van der Waals surface area contributed by atoms with Crippen molar-refractivity contribution in [3.63, 3.8) is 0 Å². The van der Waals surface area contributed by atoms with Crippen LogP contribution < -0.4 is 0 Å². The molecule has 0 radical (unpaired) electrons. The fourth-order valence-corrected chi connectivity index (χ4v) is 4.62. The highest BCUT2D eigenvalue weighted by Gasteiger charge is 2.23. The van der Waals surface area contributed by atoms with Gasteiger partial charge in [-0.3, -0.25) is 9.69 Å². The zero-order chi connectivity index (χ0) is 23.2. The van der Waals surface area contributed by atoms with E-state index in [1.54, 1.807) is 0 Å². The SMILES string of the molecule is O=C(c1ccc2ccccc2c1)N1CCN(CCOC(c2ccccc2)c2ccccc2)CC1. The Bertz CT molecular complexity index is 1180. The third-order valence-electron chi connectivity index (χ3n) is 6.55. The van der Waals surface area contributed by atoms with Gasteiger partial charge in [0, 0.05) is 38.3 Å². The summed E-state index contributed by atoms with van der Waals surface area (Å²) < 4.78 is 6.38. The number of carbonyl (C=O) groups is 1. The van der Waals surface area contributed by atoms with Gasteiger partial charge >= 0.3 is 0 Å². The summed E-state index contributed by atoms with van der Waals surface area (Å²) in [5.41, 5.74) is 3.10. The Morgan fingerprint density at radius 3 is 1.94 bits per heavy atom. The highest BCUT2D eigenvalue weighted by molar-refractivity contribution is 5.98. The lowest BCUT2D eigenvalue weighted by Crippen LogP contribution is -2.49. The van der Waals surface area contributed by atoms with E-state index in [9.17, 15) is 4.79 Å². The molecule has 0 atom stereocenters. The number of fused-ring (bicyclic) bond motifs is 1. The normalized spacial score (nSPS) is 14.6. The molecule has 1 heterocycles. The Hall–Kier alpha value is -3.47. The van der Waals surface area contributed by atoms with Gasteiger partial charge in [-0.2, -0.15) is 0 Å². The van der Waals surface area contributed by atoms with Crippen LogP contribution in [0.1, 0.15) is 27.6 Å². The summed E-state index contributed by atoms with van der Waals surface area (Å²) in [4.78, 5) is 17.4. The van der Waals surface area contributed by atoms with Gasteiger partial charge in [0.1, 0.15) is 6.10 Å². The largest absolute Gasteiger partial charge is 0.367 e. The second-order valence-corrected chi connectivity index (χ2v) is 8.77. The first-order chi connectivity index (χ1) is 16.8. The fourth-order valence-electron chi connectivity index (χ4n) is 4.62. The van der Waals surface area contributed by atoms with Crippen LogP contribution in [0.15, 0.2) is 103 Å². The van der Waals surface area contributed by atoms with Crippen molar-refractivity contribution in [3.8, 4) is 0 Å². The van der Waals surface area contributed by atoms with Crippen molar-refractivity contribution in [3.05, 3.63) is 120 Å². The lowest BCUT2D eigenvalue weighted by molar-refractivity contribution is 0.0409. The summed E-state index contributed by atoms with van der Waals surface area (Å²) in [5.74, 6) is 0.120. The third-order valence-corrected chi connectivity index (χ3v) is 6.55. The van der Waals surface area contributed by atoms with Crippen LogP contribution in [0.3, 0.4) is 0 Å². The quantitative estimate of drug-likeness (QED) is 0.378. The second kappa shape index (κ2) is 10.6. The summed E-state index contributed by atoms with van der Waals surface area (Å²) in [5, 5.41) is 2.27. The van der Waals surface area contributed by atoms with Crippen molar-refractivity contribution < 1.29 is 9.53 Å². The molecule has 1 saturated heterocycles. The number of hydrogen-bond donors (Lipinski definition) is 0. The number of rotatable bonds is 7. The van der Waals surface area contributed by atoms with Crippen molar-refractivity contribution in [1.29, 1.82) is 0 Å². The van der Waals surface area contributed by atoms with Crippen LogP contribution in [0.4, 0.5) is 0 Å². The van der Waals surface area contributed by atoms with Gasteiger partial charge in [0.25, 0.3) is 5.91 Å². The summed E-state index contributed by atoms with van der Waals surface area (Å²) in [6.07, 6.45) is -0.0711. The van der Waals surface area contributed by atoms with E-state index in [2.05, 4.69) is 65.6 Å². The summed E-state index contributed by atoms with van der Waals surface area (Å²) >= 11 is 0. The molecule has 172 valence electrons. The van der Waals surface area contributed by atoms with Gasteiger partial charge in [-0.05, 0) is 34.0 Å². The van der Waals surface area contributed by atoms with E-state index in [1.165, 1.54) is 11.1 Å². The second-order valence-electron chi connectivity index (χ2n) is 8.77. The van der Waals surface area contributed by atoms with Gasteiger partial charge in [-0.1, -0.05) is 91.0 Å². The molecule has 0 saturated carbocycles. The third kappa shape index (κ3) is 5.19. The Balaban J connectivity index is 1.15. The Morgan fingerprint density at radius 2 is 1.29 bits per heavy atom. The van der Waals surface area contributed by atoms with E-state index in [0.717, 1.165) is 49.1 Å². The minimum absolute atomic E-state index is 0.0711. The first-order valence-corrected chi connectivity index (χ1v) is 12.0. The van der Waals surface area contributed by atoms with Gasteiger partial charge in [0.05, 0.1) is 6.61 Å². The number of ether oxygens (including phenoxy) is 1. The van der Waals surface area contributed by atoms with E-state index >= 15 is 0 Å². The Kier molecular flexibility index (Phi) is 6.99. The average molecular weight is 451 g/mol. The van der Waals surface area contributed by atoms with Crippen molar-refractivity contribution in [1.82, 2.24) is 9.80 Å². The van der Waals surface area contributed by atoms with Crippen LogP contribution in [0.2, 0.25) is 0 Å². The summed E-state index contributed by atoms with van der Waals surface area (Å²) in [7, 11) is 0. The summed E-state index contributed by atoms with van der Waals surface area (Å²) in [6.45, 7) is 4.72. The molecule has 4 aromatic carbocycles. The zero-order valence-electron chi connectivity index (χ0n) is 19.3. The standard InChI is InChI=1S/C30H30N2O2/c33-30(28-16-15-24-9-7-8-14-27(24)23-28)32-19-17-31(18-20-32)21-22-34-29(25-10-3-1-4-11-25)26-12-5-2-6-13-26/h1-16,23,29H,17-22H2. The molecule has 1 fully saturated rings. The monoisotopic (exact) mass is 450 g/mol. The molecule has 4 aromatic rings. The molecule has 0 aliphatic carbocycles. The highest BCUT2D eigenvalue weighted by Crippen LogP contribution is 2.25. The van der Waals surface area contributed by atoms with Crippen molar-refractivity contribution in [2.75, 3.05) is 39.3 Å². The van der Waals surface area contributed by atoms with Crippen LogP contribution in [-0.4, -0.2) is 55.0 Å². The molecule has 4 heteroatoms. The molecule has 0 unspecified atom stereocenters. The van der Waals surface area contributed by atoms with E-state index in [1.807, 2.05) is 47.4 Å². The molecular formula is C30H30N2O2. The maximum absolute atomic E-state index is 13.0. The number of hydrogen-bond acceptors (Lipinski definition) is 3. The van der Waals surface area contributed by atoms with Crippen LogP contribution in [0.25, 0.3) is 10.8 Å². The first-order valence-electron chi connectivity index (χ1n) is 12.0. The van der Waals surface area contributed by atoms with Crippen LogP contribution in [0.5, 0.6) is 0 Å². The van der Waals surface area contributed by atoms with Gasteiger partial charge < -0.3 is 9.64 Å². The predicted octanol–water partition coefficient (Wildman–Crippen LogP) is 5.40. The van der Waals surface area contributed by atoms with Crippen LogP contribution >= 0.6 is 0 Å². The molecule has 0 spiro atoms. The van der Waals surface area contributed by atoms with E-state index in [4.69, 9.17) is 4.74 Å². The zero-order valence-corrected chi connectivity index (χ0v) is 19.3. The smallest absolute Gasteiger partial charge is 0.253 e. The first kappa shape index (κ1) is 22.3. The number of piperazine rings is 1. The Labute approximate surface area is 201 Å². The van der Waals surface area contributed by atoms with Gasteiger partial charge in [-0.25, -0.2) is 0 Å². The fraction of sp³-hybridized carbons (Fsp3) is 0.233. The maximum atomic E-state index is 13.0. The predicted molar refractivity (Wildman–Crippen MR) is 137 cm³/mol. The maximum Gasteiger partial charge on any atom is 0.253 e. The minimum Gasteiger partial charge on any atom is -0.367 e. The van der Waals surface area contributed by atoms with Crippen molar-refractivity contribution in [2.45, 2.75) is 6.10 Å². The lowest BCUT2D eigenvalue weighted by atomic mass is 10.0.